The van der Waals surface area contributed by atoms with Gasteiger partial charge in [0, 0.05) is 0 Å². The van der Waals surface area contributed by atoms with Crippen molar-refractivity contribution in [3.8, 4) is 5.75 Å². The Labute approximate surface area is 86.1 Å². The van der Waals surface area contributed by atoms with Gasteiger partial charge in [-0.2, -0.15) is 0 Å². The fraction of sp³-hybridized carbons (Fsp3) is 0.375. The Bertz CT molecular complexity index is 414. The normalized spacial score (nSPS) is 9.64. The van der Waals surface area contributed by atoms with E-state index in [2.05, 4.69) is 14.7 Å². The molecule has 0 aromatic carbocycles. The van der Waals surface area contributed by atoms with Crippen LogP contribution in [0.15, 0.2) is 0 Å². The van der Waals surface area contributed by atoms with Gasteiger partial charge in [0.25, 0.3) is 0 Å². The van der Waals surface area contributed by atoms with Crippen LogP contribution < -0.4 is 4.74 Å². The molecule has 5 nitrogen and oxygen atoms in total. The molecule has 0 spiro atoms. The molecule has 0 aliphatic rings. The lowest BCUT2D eigenvalue weighted by atomic mass is 10.4. The van der Waals surface area contributed by atoms with Crippen LogP contribution in [-0.2, 0) is 4.74 Å². The summed E-state index contributed by atoms with van der Waals surface area (Å²) in [7, 11) is 2.77. The SMILES string of the molecule is COC(=O)c1nc(=S)c(OC)c(C)[nH]1. The second-order valence-corrected chi connectivity index (χ2v) is 2.93. The number of rotatable bonds is 2. The van der Waals surface area contributed by atoms with Crippen molar-refractivity contribution in [2.45, 2.75) is 6.92 Å². The van der Waals surface area contributed by atoms with E-state index in [1.807, 2.05) is 0 Å². The smallest absolute Gasteiger partial charge is 0.374 e. The Hall–Kier alpha value is -1.43. The number of carbonyl (C=O) groups excluding carboxylic acids is 1. The zero-order valence-electron chi connectivity index (χ0n) is 8.08. The van der Waals surface area contributed by atoms with Crippen molar-refractivity contribution in [2.75, 3.05) is 14.2 Å². The molecule has 14 heavy (non-hydrogen) atoms. The molecular formula is C8H10N2O3S. The number of aryl methyl sites for hydroxylation is 1. The highest BCUT2D eigenvalue weighted by molar-refractivity contribution is 7.71. The van der Waals surface area contributed by atoms with E-state index >= 15 is 0 Å². The molecule has 0 radical (unpaired) electrons. The number of nitrogens with zero attached hydrogens (tertiary/aromatic N) is 1. The number of carbonyl (C=O) groups is 1. The molecule has 76 valence electrons. The Morgan fingerprint density at radius 3 is 2.57 bits per heavy atom. The number of methoxy groups -OCH3 is 2. The summed E-state index contributed by atoms with van der Waals surface area (Å²) in [6, 6.07) is 0. The van der Waals surface area contributed by atoms with Gasteiger partial charge in [-0.3, -0.25) is 0 Å². The van der Waals surface area contributed by atoms with Crippen LogP contribution in [0.2, 0.25) is 0 Å². The van der Waals surface area contributed by atoms with Gasteiger partial charge in [0.2, 0.25) is 5.82 Å². The first-order valence-electron chi connectivity index (χ1n) is 3.83. The minimum Gasteiger partial charge on any atom is -0.492 e. The zero-order chi connectivity index (χ0) is 10.7. The van der Waals surface area contributed by atoms with E-state index in [4.69, 9.17) is 17.0 Å². The predicted molar refractivity (Wildman–Crippen MR) is 52.1 cm³/mol. The number of hydrogen-bond donors (Lipinski definition) is 1. The van der Waals surface area contributed by atoms with E-state index in [9.17, 15) is 4.79 Å². The topological polar surface area (TPSA) is 64.2 Å². The van der Waals surface area contributed by atoms with Gasteiger partial charge >= 0.3 is 5.97 Å². The highest BCUT2D eigenvalue weighted by atomic mass is 32.1. The van der Waals surface area contributed by atoms with Crippen molar-refractivity contribution in [1.29, 1.82) is 0 Å². The van der Waals surface area contributed by atoms with Crippen molar-refractivity contribution in [3.05, 3.63) is 16.2 Å². The number of ether oxygens (including phenoxy) is 2. The average molecular weight is 214 g/mol. The van der Waals surface area contributed by atoms with E-state index in [0.717, 1.165) is 0 Å². The Kier molecular flexibility index (Phi) is 3.19. The molecule has 6 heteroatoms. The van der Waals surface area contributed by atoms with E-state index in [-0.39, 0.29) is 10.5 Å². The highest BCUT2D eigenvalue weighted by Crippen LogP contribution is 2.15. The van der Waals surface area contributed by atoms with Gasteiger partial charge in [0.1, 0.15) is 0 Å². The molecule has 1 aromatic rings. The third kappa shape index (κ3) is 1.90. The quantitative estimate of drug-likeness (QED) is 0.592. The molecule has 0 atom stereocenters. The van der Waals surface area contributed by atoms with Crippen molar-refractivity contribution in [2.24, 2.45) is 0 Å². The van der Waals surface area contributed by atoms with Gasteiger partial charge in [-0.15, -0.1) is 0 Å². The fourth-order valence-electron chi connectivity index (χ4n) is 1.01. The zero-order valence-corrected chi connectivity index (χ0v) is 8.90. The Morgan fingerprint density at radius 2 is 2.14 bits per heavy atom. The third-order valence-corrected chi connectivity index (χ3v) is 1.91. The maximum absolute atomic E-state index is 11.1. The largest absolute Gasteiger partial charge is 0.492 e. The van der Waals surface area contributed by atoms with Crippen LogP contribution >= 0.6 is 12.2 Å². The maximum Gasteiger partial charge on any atom is 0.374 e. The summed E-state index contributed by atoms with van der Waals surface area (Å²) in [4.78, 5) is 17.7. The molecule has 1 aromatic heterocycles. The minimum absolute atomic E-state index is 0.0794. The summed E-state index contributed by atoms with van der Waals surface area (Å²) < 4.78 is 9.73. The van der Waals surface area contributed by atoms with Crippen LogP contribution in [0.1, 0.15) is 16.3 Å². The van der Waals surface area contributed by atoms with Crippen LogP contribution in [0.25, 0.3) is 0 Å². The molecule has 0 aliphatic carbocycles. The summed E-state index contributed by atoms with van der Waals surface area (Å²) in [6.45, 7) is 1.74. The molecule has 1 heterocycles. The van der Waals surface area contributed by atoms with E-state index < -0.39 is 5.97 Å². The van der Waals surface area contributed by atoms with Gasteiger partial charge < -0.3 is 14.5 Å². The van der Waals surface area contributed by atoms with Crippen molar-refractivity contribution >= 4 is 18.2 Å². The van der Waals surface area contributed by atoms with Crippen molar-refractivity contribution < 1.29 is 14.3 Å². The van der Waals surface area contributed by atoms with Gasteiger partial charge in [0.15, 0.2) is 10.4 Å². The number of hydrogen-bond acceptors (Lipinski definition) is 5. The molecule has 0 aliphatic heterocycles. The molecule has 0 fully saturated rings. The monoisotopic (exact) mass is 214 g/mol. The van der Waals surface area contributed by atoms with Crippen LogP contribution in [0.3, 0.4) is 0 Å². The van der Waals surface area contributed by atoms with Crippen LogP contribution in [0.4, 0.5) is 0 Å². The summed E-state index contributed by atoms with van der Waals surface area (Å²) in [6.07, 6.45) is 0. The number of H-pyrrole nitrogens is 1. The number of esters is 1. The molecule has 0 bridgehead atoms. The minimum atomic E-state index is -0.554. The van der Waals surface area contributed by atoms with Crippen LogP contribution in [-0.4, -0.2) is 30.2 Å². The lowest BCUT2D eigenvalue weighted by Crippen LogP contribution is -2.09. The van der Waals surface area contributed by atoms with E-state index in [1.165, 1.54) is 14.2 Å². The van der Waals surface area contributed by atoms with Crippen molar-refractivity contribution in [3.63, 3.8) is 0 Å². The lowest BCUT2D eigenvalue weighted by molar-refractivity contribution is 0.0586. The number of aromatic amines is 1. The second-order valence-electron chi connectivity index (χ2n) is 2.54. The Morgan fingerprint density at radius 1 is 1.50 bits per heavy atom. The number of aromatic nitrogens is 2. The molecular weight excluding hydrogens is 204 g/mol. The summed E-state index contributed by atoms with van der Waals surface area (Å²) in [5, 5.41) is 0. The van der Waals surface area contributed by atoms with Crippen LogP contribution in [0.5, 0.6) is 5.75 Å². The number of nitrogens with one attached hydrogen (secondary N) is 1. The molecule has 0 saturated carbocycles. The fourth-order valence-corrected chi connectivity index (χ4v) is 1.34. The maximum atomic E-state index is 11.1. The van der Waals surface area contributed by atoms with Gasteiger partial charge in [-0.25, -0.2) is 9.78 Å². The summed E-state index contributed by atoms with van der Waals surface area (Å²) in [5.41, 5.74) is 0.646. The molecule has 0 saturated heterocycles. The molecule has 1 rings (SSSR count). The second kappa shape index (κ2) is 4.19. The van der Waals surface area contributed by atoms with E-state index in [1.54, 1.807) is 6.92 Å². The molecule has 0 amide bonds. The molecule has 1 N–H and O–H groups in total. The van der Waals surface area contributed by atoms with Gasteiger partial charge in [-0.1, -0.05) is 12.2 Å². The third-order valence-electron chi connectivity index (χ3n) is 1.64. The van der Waals surface area contributed by atoms with Crippen molar-refractivity contribution in [1.82, 2.24) is 9.97 Å². The Balaban J connectivity index is 3.28. The lowest BCUT2D eigenvalue weighted by Gasteiger charge is -2.05. The first kappa shape index (κ1) is 10.6. The standard InChI is InChI=1S/C8H10N2O3S/c1-4-5(12-2)7(14)10-6(9-4)8(11)13-3/h1-3H3,(H,9,10,14). The van der Waals surface area contributed by atoms with Gasteiger partial charge in [0.05, 0.1) is 19.9 Å². The summed E-state index contributed by atoms with van der Waals surface area (Å²) in [5.74, 6) is -0.00898. The highest BCUT2D eigenvalue weighted by Gasteiger charge is 2.11. The first-order chi connectivity index (χ1) is 6.60. The average Bonchev–Trinajstić information content (AvgIpc) is 2.16. The first-order valence-corrected chi connectivity index (χ1v) is 4.24. The molecule has 0 unspecified atom stereocenters. The van der Waals surface area contributed by atoms with Crippen LogP contribution in [0, 0.1) is 11.6 Å². The van der Waals surface area contributed by atoms with E-state index in [0.29, 0.717) is 11.4 Å². The van der Waals surface area contributed by atoms with Gasteiger partial charge in [-0.05, 0) is 6.92 Å². The summed E-state index contributed by atoms with van der Waals surface area (Å²) >= 11 is 4.93. The predicted octanol–water partition coefficient (Wildman–Crippen LogP) is 1.24.